The van der Waals surface area contributed by atoms with Crippen molar-refractivity contribution in [2.75, 3.05) is 49.3 Å². The number of hydrogen-bond acceptors (Lipinski definition) is 4. The molecule has 0 aliphatic heterocycles. The van der Waals surface area contributed by atoms with Gasteiger partial charge in [-0.1, -0.05) is 0 Å². The first-order valence-electron chi connectivity index (χ1n) is 17.4. The molecule has 0 radical (unpaired) electrons. The van der Waals surface area contributed by atoms with Gasteiger partial charge in [-0.15, -0.1) is 0 Å². The van der Waals surface area contributed by atoms with Crippen LogP contribution in [0.4, 0.5) is 0 Å². The second kappa shape index (κ2) is 21.5. The number of unbranched alkanes of at least 4 members (excludes halogenated alkanes) is 8. The van der Waals surface area contributed by atoms with Crippen molar-refractivity contribution in [2.45, 2.75) is 158 Å². The topological polar surface area (TPSA) is 47.9 Å². The molecule has 0 fully saturated rings. The van der Waals surface area contributed by atoms with E-state index < -0.39 is 21.0 Å². The molecule has 0 spiro atoms. The predicted octanol–water partition coefficient (Wildman–Crippen LogP) is 11.8. The summed E-state index contributed by atoms with van der Waals surface area (Å²) in [5, 5.41) is 10.6. The van der Waals surface area contributed by atoms with E-state index in [9.17, 15) is 5.26 Å². The van der Waals surface area contributed by atoms with Gasteiger partial charge in [-0.05, 0) is 0 Å². The van der Waals surface area contributed by atoms with Crippen molar-refractivity contribution >= 4 is 21.0 Å². The van der Waals surface area contributed by atoms with Gasteiger partial charge < -0.3 is 0 Å². The van der Waals surface area contributed by atoms with Crippen LogP contribution in [-0.2, 0) is 13.7 Å². The Hall–Kier alpha value is 0.765. The molecule has 0 aliphatic carbocycles. The summed E-state index contributed by atoms with van der Waals surface area (Å²) < 4.78 is 14.9. The van der Waals surface area contributed by atoms with Gasteiger partial charge in [0.2, 0.25) is 0 Å². The molecule has 0 rings (SSSR count). The van der Waals surface area contributed by atoms with Gasteiger partial charge in [-0.2, -0.15) is 0 Å². The van der Waals surface area contributed by atoms with E-state index in [1.807, 2.05) is 0 Å². The quantitative estimate of drug-likeness (QED) is 0.0405. The number of rotatable bonds is 29. The summed E-state index contributed by atoms with van der Waals surface area (Å²) in [6, 6.07) is 0. The first-order valence-corrected chi connectivity index (χ1v) is 23.2. The third-order valence-corrected chi connectivity index (χ3v) is 22.6. The molecule has 238 valence electrons. The summed E-state index contributed by atoms with van der Waals surface area (Å²) in [6.07, 6.45) is 28.1. The van der Waals surface area contributed by atoms with Crippen molar-refractivity contribution in [3.8, 4) is 0 Å². The van der Waals surface area contributed by atoms with Crippen molar-refractivity contribution in [1.29, 1.82) is 0 Å². The summed E-state index contributed by atoms with van der Waals surface area (Å²) in [6.45, 7) is 13.1. The van der Waals surface area contributed by atoms with Gasteiger partial charge in [-0.3, -0.25) is 0 Å². The van der Waals surface area contributed by atoms with Crippen molar-refractivity contribution in [2.24, 2.45) is 0 Å². The van der Waals surface area contributed by atoms with Crippen molar-refractivity contribution in [3.63, 3.8) is 0 Å². The van der Waals surface area contributed by atoms with Crippen LogP contribution in [0.1, 0.15) is 158 Å². The zero-order chi connectivity index (χ0) is 29.6. The van der Waals surface area contributed by atoms with Gasteiger partial charge in [0.25, 0.3) is 0 Å². The minimum atomic E-state index is -2.67. The first kappa shape index (κ1) is 39.8. The molecule has 0 amide bonds. The molecule has 0 aromatic heterocycles. The van der Waals surface area contributed by atoms with E-state index in [4.69, 9.17) is 13.7 Å². The molecule has 0 heterocycles. The van der Waals surface area contributed by atoms with Crippen LogP contribution in [-0.4, -0.2) is 61.9 Å². The maximum absolute atomic E-state index is 10.6. The van der Waals surface area contributed by atoms with E-state index >= 15 is 0 Å². The van der Waals surface area contributed by atoms with Gasteiger partial charge in [0.05, 0.1) is 0 Å². The molecular formula is C32H73BO4P2. The molecule has 0 saturated heterocycles. The average molecular weight is 595 g/mol. The van der Waals surface area contributed by atoms with Gasteiger partial charge in [0.15, 0.2) is 0 Å². The van der Waals surface area contributed by atoms with Crippen LogP contribution in [0.25, 0.3) is 0 Å². The van der Waals surface area contributed by atoms with Gasteiger partial charge in [0, 0.05) is 0 Å². The standard InChI is InChI=1S/C32H73BO4P2/c1-9-17-25-38(26-18-10-2,27-19-11-3,28-20-12-4)36-33(35-34)37-39(29-21-13-5,30-22-14-6,31-23-15-7)32-24-16-8/h34H,9-32H2,1-8H3. The first-order chi connectivity index (χ1) is 18.8. The minimum absolute atomic E-state index is 0.940. The second-order valence-corrected chi connectivity index (χ2v) is 24.4. The third kappa shape index (κ3) is 13.3. The van der Waals surface area contributed by atoms with Gasteiger partial charge in [0.1, 0.15) is 0 Å². The maximum atomic E-state index is 10.6. The Bertz CT molecular complexity index is 457. The Balaban J connectivity index is 6.92. The van der Waals surface area contributed by atoms with Crippen LogP contribution in [0.3, 0.4) is 0 Å². The molecule has 1 N–H and O–H groups in total. The van der Waals surface area contributed by atoms with Crippen LogP contribution in [0, 0.1) is 0 Å². The molecule has 0 bridgehead atoms. The summed E-state index contributed by atoms with van der Waals surface area (Å²) in [5.41, 5.74) is 0. The monoisotopic (exact) mass is 595 g/mol. The Labute approximate surface area is 247 Å². The predicted molar refractivity (Wildman–Crippen MR) is 184 cm³/mol. The molecule has 0 unspecified atom stereocenters. The Morgan fingerprint density at radius 2 is 0.564 bits per heavy atom. The summed E-state index contributed by atoms with van der Waals surface area (Å²) in [7, 11) is -0.940. The van der Waals surface area contributed by atoms with Gasteiger partial charge >= 0.3 is 247 Å². The Kier molecular flexibility index (Phi) is 21.9. The van der Waals surface area contributed by atoms with Crippen LogP contribution in [0.5, 0.6) is 0 Å². The molecule has 39 heavy (non-hydrogen) atoms. The average Bonchev–Trinajstić information content (AvgIpc) is 2.97. The van der Waals surface area contributed by atoms with E-state index in [0.717, 1.165) is 49.3 Å². The molecule has 0 aromatic carbocycles. The zero-order valence-corrected chi connectivity index (χ0v) is 29.9. The Morgan fingerprint density at radius 3 is 0.692 bits per heavy atom. The van der Waals surface area contributed by atoms with Crippen LogP contribution >= 0.6 is 13.7 Å². The zero-order valence-electron chi connectivity index (χ0n) is 28.1. The van der Waals surface area contributed by atoms with E-state index in [0.29, 0.717) is 0 Å². The van der Waals surface area contributed by atoms with Crippen LogP contribution in [0.15, 0.2) is 0 Å². The second-order valence-electron chi connectivity index (χ2n) is 12.9. The molecule has 0 atom stereocenters. The molecule has 0 aliphatic rings. The summed E-state index contributed by atoms with van der Waals surface area (Å²) in [5.74, 6) is 0. The van der Waals surface area contributed by atoms with Crippen LogP contribution < -0.4 is 0 Å². The SMILES string of the molecule is CCCCP(CCCC)(CCCC)(CCCC)OB(OO)OP(CCCC)(CCCC)(CCCC)CCCC. The number of hydrogen-bond donors (Lipinski definition) is 1. The molecule has 4 nitrogen and oxygen atoms in total. The van der Waals surface area contributed by atoms with Crippen LogP contribution in [0.2, 0.25) is 0 Å². The molecule has 0 aromatic rings. The van der Waals surface area contributed by atoms with E-state index in [-0.39, 0.29) is 0 Å². The van der Waals surface area contributed by atoms with Crippen molar-refractivity contribution in [3.05, 3.63) is 0 Å². The van der Waals surface area contributed by atoms with E-state index in [1.165, 1.54) is 103 Å². The molecular weight excluding hydrogens is 521 g/mol. The summed E-state index contributed by atoms with van der Waals surface area (Å²) in [4.78, 5) is 5.37. The molecule has 0 saturated carbocycles. The van der Waals surface area contributed by atoms with E-state index in [2.05, 4.69) is 55.4 Å². The Morgan fingerprint density at radius 1 is 0.385 bits per heavy atom. The fourth-order valence-corrected chi connectivity index (χ4v) is 20.4. The fourth-order valence-electron chi connectivity index (χ4n) is 6.77. The fraction of sp³-hybridized carbons (Fsp3) is 1.00. The summed E-state index contributed by atoms with van der Waals surface area (Å²) >= 11 is 0. The van der Waals surface area contributed by atoms with E-state index in [1.54, 1.807) is 0 Å². The third-order valence-electron chi connectivity index (χ3n) is 9.47. The van der Waals surface area contributed by atoms with Crippen molar-refractivity contribution in [1.82, 2.24) is 0 Å². The van der Waals surface area contributed by atoms with Crippen molar-refractivity contribution < 1.29 is 18.9 Å². The normalized spacial score (nSPS) is 14.6. The van der Waals surface area contributed by atoms with Gasteiger partial charge in [-0.25, -0.2) is 0 Å². The molecule has 7 heteroatoms.